The number of nitrogens with zero attached hydrogens (tertiary/aromatic N) is 2. The van der Waals surface area contributed by atoms with Crippen molar-refractivity contribution in [2.24, 2.45) is 11.8 Å². The van der Waals surface area contributed by atoms with E-state index in [2.05, 4.69) is 23.9 Å². The molecule has 0 atom stereocenters. The van der Waals surface area contributed by atoms with Crippen LogP contribution in [0.5, 0.6) is 0 Å². The van der Waals surface area contributed by atoms with Gasteiger partial charge < -0.3 is 9.80 Å². The molecular weight excluding hydrogens is 244 g/mol. The summed E-state index contributed by atoms with van der Waals surface area (Å²) >= 11 is 0. The molecule has 20 heavy (non-hydrogen) atoms. The molecule has 0 unspecified atom stereocenters. The van der Waals surface area contributed by atoms with Gasteiger partial charge in [0.1, 0.15) is 0 Å². The van der Waals surface area contributed by atoms with E-state index >= 15 is 0 Å². The van der Waals surface area contributed by atoms with Crippen LogP contribution in [0.3, 0.4) is 0 Å². The number of rotatable bonds is 7. The van der Waals surface area contributed by atoms with Gasteiger partial charge in [-0.1, -0.05) is 38.5 Å². The number of hydrogen-bond donors (Lipinski definition) is 0. The number of hydrogen-bond acceptors (Lipinski definition) is 2. The van der Waals surface area contributed by atoms with E-state index in [0.717, 1.165) is 11.8 Å². The molecule has 0 N–H and O–H groups in total. The van der Waals surface area contributed by atoms with E-state index in [1.54, 1.807) is 0 Å². The summed E-state index contributed by atoms with van der Waals surface area (Å²) in [6.07, 6.45) is 14.8. The molecule has 0 spiro atoms. The Morgan fingerprint density at radius 1 is 0.650 bits per heavy atom. The van der Waals surface area contributed by atoms with Crippen molar-refractivity contribution in [3.8, 4) is 0 Å². The van der Waals surface area contributed by atoms with Crippen molar-refractivity contribution >= 4 is 0 Å². The normalized spacial score (nSPS) is 22.8. The van der Waals surface area contributed by atoms with Crippen molar-refractivity contribution < 1.29 is 0 Å². The maximum absolute atomic E-state index is 2.81. The highest BCUT2D eigenvalue weighted by Crippen LogP contribution is 2.27. The molecule has 0 aliphatic heterocycles. The van der Waals surface area contributed by atoms with E-state index in [1.165, 1.54) is 90.4 Å². The highest BCUT2D eigenvalue weighted by molar-refractivity contribution is 4.75. The van der Waals surface area contributed by atoms with Crippen molar-refractivity contribution in [1.29, 1.82) is 0 Å². The van der Waals surface area contributed by atoms with Gasteiger partial charge in [-0.2, -0.15) is 0 Å². The largest absolute Gasteiger partial charge is 0.308 e. The van der Waals surface area contributed by atoms with Gasteiger partial charge in [0, 0.05) is 26.2 Å². The predicted molar refractivity (Wildman–Crippen MR) is 88.1 cm³/mol. The van der Waals surface area contributed by atoms with Gasteiger partial charge in [-0.3, -0.25) is 0 Å². The first kappa shape index (κ1) is 16.3. The van der Waals surface area contributed by atoms with Gasteiger partial charge in [0.15, 0.2) is 0 Å². The molecule has 0 radical (unpaired) electrons. The Morgan fingerprint density at radius 2 is 1.10 bits per heavy atom. The van der Waals surface area contributed by atoms with Crippen LogP contribution in [0.15, 0.2) is 0 Å². The second-order valence-corrected chi connectivity index (χ2v) is 7.57. The lowest BCUT2D eigenvalue weighted by Gasteiger charge is -2.34. The molecule has 0 saturated heterocycles. The third-order valence-corrected chi connectivity index (χ3v) is 5.35. The quantitative estimate of drug-likeness (QED) is 0.695. The zero-order chi connectivity index (χ0) is 14.2. The zero-order valence-electron chi connectivity index (χ0n) is 13.9. The molecule has 0 aromatic heterocycles. The van der Waals surface area contributed by atoms with Crippen molar-refractivity contribution in [2.45, 2.75) is 64.2 Å². The van der Waals surface area contributed by atoms with Crippen molar-refractivity contribution in [1.82, 2.24) is 9.80 Å². The lowest BCUT2D eigenvalue weighted by atomic mass is 9.87. The summed E-state index contributed by atoms with van der Waals surface area (Å²) in [6, 6.07) is 0. The molecule has 2 heteroatoms. The second-order valence-electron chi connectivity index (χ2n) is 7.57. The predicted octanol–water partition coefficient (Wildman–Crippen LogP) is 4.01. The summed E-state index contributed by atoms with van der Waals surface area (Å²) in [5.74, 6) is 1.99. The van der Waals surface area contributed by atoms with Crippen molar-refractivity contribution in [3.63, 3.8) is 0 Å². The third kappa shape index (κ3) is 6.13. The zero-order valence-corrected chi connectivity index (χ0v) is 13.9. The monoisotopic (exact) mass is 280 g/mol. The fraction of sp³-hybridized carbons (Fsp3) is 1.00. The highest BCUT2D eigenvalue weighted by atomic mass is 15.2. The first-order chi connectivity index (χ1) is 9.74. The van der Waals surface area contributed by atoms with E-state index in [0.29, 0.717) is 0 Å². The Bertz CT molecular complexity index is 220. The van der Waals surface area contributed by atoms with Crippen LogP contribution in [0.4, 0.5) is 0 Å². The lowest BCUT2D eigenvalue weighted by Crippen LogP contribution is -2.39. The van der Waals surface area contributed by atoms with Crippen LogP contribution < -0.4 is 0 Å². The molecule has 0 aromatic rings. The van der Waals surface area contributed by atoms with Crippen molar-refractivity contribution in [2.75, 3.05) is 40.3 Å². The van der Waals surface area contributed by atoms with E-state index in [-0.39, 0.29) is 0 Å². The summed E-state index contributed by atoms with van der Waals surface area (Å²) in [7, 11) is 4.42. The summed E-state index contributed by atoms with van der Waals surface area (Å²) in [6.45, 7) is 5.26. The van der Waals surface area contributed by atoms with Crippen LogP contribution in [0, 0.1) is 11.8 Å². The molecule has 2 fully saturated rings. The van der Waals surface area contributed by atoms with Crippen LogP contribution in [-0.4, -0.2) is 50.1 Å². The minimum atomic E-state index is 0.995. The SMILES string of the molecule is CN(C)CCN(CC1CCCCC1)CC1CCCCC1. The first-order valence-electron chi connectivity index (χ1n) is 9.11. The molecule has 2 rings (SSSR count). The number of likely N-dealkylation sites (N-methyl/N-ethyl adjacent to an activating group) is 1. The van der Waals surface area contributed by atoms with Crippen LogP contribution in [-0.2, 0) is 0 Å². The molecule has 2 aliphatic rings. The maximum Gasteiger partial charge on any atom is 0.0109 e. The lowest BCUT2D eigenvalue weighted by molar-refractivity contribution is 0.149. The Hall–Kier alpha value is -0.0800. The fourth-order valence-electron chi connectivity index (χ4n) is 4.07. The third-order valence-electron chi connectivity index (χ3n) is 5.35. The van der Waals surface area contributed by atoms with E-state index in [1.807, 2.05) is 0 Å². The smallest absolute Gasteiger partial charge is 0.0109 e. The first-order valence-corrected chi connectivity index (χ1v) is 9.11. The van der Waals surface area contributed by atoms with E-state index in [9.17, 15) is 0 Å². The fourth-order valence-corrected chi connectivity index (χ4v) is 4.07. The topological polar surface area (TPSA) is 6.48 Å². The molecule has 0 heterocycles. The van der Waals surface area contributed by atoms with Gasteiger partial charge in [0.2, 0.25) is 0 Å². The van der Waals surface area contributed by atoms with Crippen LogP contribution in [0.25, 0.3) is 0 Å². The Labute approximate surface area is 126 Å². The Balaban J connectivity index is 1.78. The molecular formula is C18H36N2. The maximum atomic E-state index is 2.81. The van der Waals surface area contributed by atoms with Gasteiger partial charge in [0.25, 0.3) is 0 Å². The van der Waals surface area contributed by atoms with Crippen LogP contribution in [0.2, 0.25) is 0 Å². The van der Waals surface area contributed by atoms with E-state index < -0.39 is 0 Å². The molecule has 2 aliphatic carbocycles. The molecule has 118 valence electrons. The van der Waals surface area contributed by atoms with Crippen LogP contribution >= 0.6 is 0 Å². The summed E-state index contributed by atoms with van der Waals surface area (Å²) < 4.78 is 0. The van der Waals surface area contributed by atoms with Gasteiger partial charge in [-0.05, 0) is 51.6 Å². The Morgan fingerprint density at radius 3 is 1.50 bits per heavy atom. The average Bonchev–Trinajstić information content (AvgIpc) is 2.47. The summed E-state index contributed by atoms with van der Waals surface area (Å²) in [4.78, 5) is 5.15. The van der Waals surface area contributed by atoms with Gasteiger partial charge in [0.05, 0.1) is 0 Å². The van der Waals surface area contributed by atoms with Gasteiger partial charge >= 0.3 is 0 Å². The minimum absolute atomic E-state index is 0.995. The standard InChI is InChI=1S/C18H36N2/c1-19(2)13-14-20(15-17-9-5-3-6-10-17)16-18-11-7-4-8-12-18/h17-18H,3-16H2,1-2H3. The van der Waals surface area contributed by atoms with E-state index in [4.69, 9.17) is 0 Å². The molecule has 2 nitrogen and oxygen atoms in total. The summed E-state index contributed by atoms with van der Waals surface area (Å²) in [5.41, 5.74) is 0. The van der Waals surface area contributed by atoms with Crippen LogP contribution in [0.1, 0.15) is 64.2 Å². The minimum Gasteiger partial charge on any atom is -0.308 e. The van der Waals surface area contributed by atoms with Gasteiger partial charge in [-0.25, -0.2) is 0 Å². The molecule has 0 aromatic carbocycles. The highest BCUT2D eigenvalue weighted by Gasteiger charge is 2.21. The Kier molecular flexibility index (Phi) is 7.37. The second kappa shape index (κ2) is 9.04. The molecule has 0 amide bonds. The van der Waals surface area contributed by atoms with Crippen molar-refractivity contribution in [3.05, 3.63) is 0 Å². The average molecular weight is 280 g/mol. The molecule has 2 saturated carbocycles. The van der Waals surface area contributed by atoms with Gasteiger partial charge in [-0.15, -0.1) is 0 Å². The summed E-state index contributed by atoms with van der Waals surface area (Å²) in [5, 5.41) is 0. The molecule has 0 bridgehead atoms.